The number of carbonyl (C=O) groups is 1. The second kappa shape index (κ2) is 21.5. The molecular formula is C44H37IrNO2P2+. The Morgan fingerprint density at radius 1 is 0.620 bits per heavy atom. The van der Waals surface area contributed by atoms with Crippen LogP contribution in [0.2, 0.25) is 0 Å². The van der Waals surface area contributed by atoms with Crippen LogP contribution < -0.4 is 15.9 Å². The molecule has 1 heterocycles. The number of carboxylic acids is 1. The molecule has 6 aromatic carbocycles. The number of hydrogen-bond donors (Lipinski definition) is 1. The fourth-order valence-corrected chi connectivity index (χ4v) is 8.52. The topological polar surface area (TPSA) is 50.2 Å². The molecule has 0 bridgehead atoms. The van der Waals surface area contributed by atoms with Crippen LogP contribution in [-0.2, 0) is 32.4 Å². The van der Waals surface area contributed by atoms with E-state index in [1.807, 2.05) is 48.5 Å². The van der Waals surface area contributed by atoms with Gasteiger partial charge in [-0.3, -0.25) is 9.78 Å². The van der Waals surface area contributed by atoms with Crippen molar-refractivity contribution in [3.8, 4) is 11.3 Å². The van der Waals surface area contributed by atoms with Gasteiger partial charge in [-0.05, 0) is 47.4 Å². The number of nitrogens with zero attached hydrogens (tertiary/aromatic N) is 1. The molecule has 0 fully saturated rings. The zero-order valence-electron chi connectivity index (χ0n) is 27.4. The van der Waals surface area contributed by atoms with E-state index in [0.717, 1.165) is 26.6 Å². The first-order chi connectivity index (χ1) is 24.2. The minimum atomic E-state index is -0.979. The summed E-state index contributed by atoms with van der Waals surface area (Å²) in [7, 11) is -0.0669. The van der Waals surface area contributed by atoms with Crippen LogP contribution in [0, 0.1) is 18.2 Å². The molecule has 1 unspecified atom stereocenters. The molecule has 0 aliphatic rings. The van der Waals surface area contributed by atoms with Crippen molar-refractivity contribution in [2.75, 3.05) is 0 Å². The van der Waals surface area contributed by atoms with Crippen LogP contribution in [0.15, 0.2) is 182 Å². The van der Waals surface area contributed by atoms with E-state index >= 15 is 0 Å². The Morgan fingerprint density at radius 3 is 1.76 bits per heavy atom. The maximum Gasteiger partial charge on any atom is 3.00 e. The van der Waals surface area contributed by atoms with E-state index in [1.54, 1.807) is 18.3 Å². The van der Waals surface area contributed by atoms with Crippen LogP contribution >= 0.6 is 16.5 Å². The van der Waals surface area contributed by atoms with Crippen LogP contribution in [0.25, 0.3) is 11.3 Å². The van der Waals surface area contributed by atoms with E-state index in [1.165, 1.54) is 33.1 Å². The second-order valence-corrected chi connectivity index (χ2v) is 14.6. The Bertz CT molecular complexity index is 1900. The van der Waals surface area contributed by atoms with Gasteiger partial charge < -0.3 is 5.11 Å². The van der Waals surface area contributed by atoms with Crippen molar-refractivity contribution in [2.45, 2.75) is 12.3 Å². The van der Waals surface area contributed by atoms with Gasteiger partial charge in [-0.1, -0.05) is 93.0 Å². The van der Waals surface area contributed by atoms with Crippen LogP contribution in [-0.4, -0.2) is 16.1 Å². The van der Waals surface area contributed by atoms with Crippen molar-refractivity contribution in [3.63, 3.8) is 0 Å². The molecule has 248 valence electrons. The molecule has 0 saturated heterocycles. The van der Waals surface area contributed by atoms with Gasteiger partial charge in [-0.15, -0.1) is 29.8 Å². The largest absolute Gasteiger partial charge is 3.00 e. The summed E-state index contributed by atoms with van der Waals surface area (Å²) in [6.45, 7) is 0. The Labute approximate surface area is 312 Å². The predicted octanol–water partition coefficient (Wildman–Crippen LogP) is 9.09. The number of benzene rings is 6. The Balaban J connectivity index is 0.000000212. The monoisotopic (exact) mass is 866 g/mol. The molecule has 50 heavy (non-hydrogen) atoms. The summed E-state index contributed by atoms with van der Waals surface area (Å²) in [5.74, 6) is -0.979. The first kappa shape index (κ1) is 38.3. The van der Waals surface area contributed by atoms with Gasteiger partial charge in [-0.2, -0.15) is 66.2 Å². The van der Waals surface area contributed by atoms with Gasteiger partial charge in [0.05, 0.1) is 24.7 Å². The normalized spacial score (nSPS) is 10.3. The minimum Gasteiger partial charge on any atom is -0.513 e. The average Bonchev–Trinajstić information content (AvgIpc) is 3.19. The molecule has 0 spiro atoms. The summed E-state index contributed by atoms with van der Waals surface area (Å²) in [4.78, 5) is 14.9. The molecule has 0 saturated carbocycles. The van der Waals surface area contributed by atoms with E-state index in [9.17, 15) is 4.79 Å². The van der Waals surface area contributed by atoms with Crippen molar-refractivity contribution >= 4 is 38.4 Å². The van der Waals surface area contributed by atoms with Gasteiger partial charge >= 0.3 is 20.1 Å². The summed E-state index contributed by atoms with van der Waals surface area (Å²) >= 11 is 0. The number of rotatable bonds is 9. The second-order valence-electron chi connectivity index (χ2n) is 10.9. The van der Waals surface area contributed by atoms with E-state index in [0.29, 0.717) is 5.56 Å². The van der Waals surface area contributed by atoms with Crippen molar-refractivity contribution in [3.05, 3.63) is 217 Å². The fourth-order valence-electron chi connectivity index (χ4n) is 4.98. The number of hydrogen-bond acceptors (Lipinski definition) is 2. The summed E-state index contributed by atoms with van der Waals surface area (Å²) in [6.07, 6.45) is 3.80. The number of carboxylic acid groups (broad SMARTS) is 1. The summed E-state index contributed by atoms with van der Waals surface area (Å²) < 4.78 is 0. The maximum absolute atomic E-state index is 10.7. The average molecular weight is 866 g/mol. The zero-order chi connectivity index (χ0) is 33.9. The van der Waals surface area contributed by atoms with E-state index < -0.39 is 13.9 Å². The first-order valence-corrected chi connectivity index (χ1v) is 18.9. The van der Waals surface area contributed by atoms with Crippen LogP contribution in [0.1, 0.15) is 21.5 Å². The molecule has 0 aliphatic carbocycles. The number of pyridine rings is 1. The van der Waals surface area contributed by atoms with Gasteiger partial charge in [0.15, 0.2) is 0 Å². The standard InChI is InChI=1S/C26H23P2.C12H8NO2.C6H5.Ir/c1-4-13-24(14-5-1)27-20-22-11-10-12-23(19-22)21-28(25-15-6-2-7-16-25)26-17-8-3-9-18-26;14-12(15)10-5-3-4-9(8-10)11-6-1-2-7-13-11;1-2-4-6-5-3-1;/h1-18,27H,20-21H2;1-7H,(H,14,15);1-5H;/q3*-1;+3/p+1. The first-order valence-electron chi connectivity index (χ1n) is 16.0. The van der Waals surface area contributed by atoms with Gasteiger partial charge in [0.1, 0.15) is 0 Å². The molecule has 1 aromatic heterocycles. The Morgan fingerprint density at radius 2 is 1.20 bits per heavy atom. The predicted molar refractivity (Wildman–Crippen MR) is 208 cm³/mol. The fraction of sp³-hybridized carbons (Fsp3) is 0.0455. The van der Waals surface area contributed by atoms with Crippen LogP contribution in [0.4, 0.5) is 0 Å². The third kappa shape index (κ3) is 12.7. The van der Waals surface area contributed by atoms with Gasteiger partial charge in [0.2, 0.25) is 0 Å². The SMILES string of the molecule is O=C(O)c1[c-]c(-c2ccccn2)ccc1.[Ir+3].[c-]1c(CPc2ccccc2)cccc1C[PH+](c1ccccc1)c1ccccc1.[c-]1ccccc1. The molecule has 0 amide bonds. The quantitative estimate of drug-likeness (QED) is 0.117. The van der Waals surface area contributed by atoms with E-state index in [4.69, 9.17) is 5.11 Å². The third-order valence-corrected chi connectivity index (χ3v) is 11.5. The smallest absolute Gasteiger partial charge is 0.513 e. The molecule has 7 aromatic rings. The Kier molecular flexibility index (Phi) is 16.5. The minimum absolute atomic E-state index is 0. The molecule has 6 heteroatoms. The Hall–Kier alpha value is -4.55. The summed E-state index contributed by atoms with van der Waals surface area (Å²) in [5.41, 5.74) is 4.22. The van der Waals surface area contributed by atoms with Gasteiger partial charge in [-0.25, -0.2) is 0 Å². The van der Waals surface area contributed by atoms with E-state index in [2.05, 4.69) is 132 Å². The molecule has 3 nitrogen and oxygen atoms in total. The van der Waals surface area contributed by atoms with Gasteiger partial charge in [0.25, 0.3) is 5.97 Å². The summed E-state index contributed by atoms with van der Waals surface area (Å²) in [5, 5.41) is 13.1. The van der Waals surface area contributed by atoms with E-state index in [-0.39, 0.29) is 25.7 Å². The van der Waals surface area contributed by atoms with Crippen LogP contribution in [0.3, 0.4) is 0 Å². The van der Waals surface area contributed by atoms with Gasteiger partial charge in [0, 0.05) is 11.9 Å². The molecule has 7 rings (SSSR count). The maximum atomic E-state index is 10.7. The molecule has 1 atom stereocenters. The zero-order valence-corrected chi connectivity index (χ0v) is 31.8. The molecule has 0 radical (unpaired) electrons. The van der Waals surface area contributed by atoms with Crippen molar-refractivity contribution in [1.29, 1.82) is 0 Å². The number of aromatic nitrogens is 1. The molecule has 0 aliphatic heterocycles. The summed E-state index contributed by atoms with van der Waals surface area (Å²) in [6, 6.07) is 68.8. The van der Waals surface area contributed by atoms with Crippen molar-refractivity contribution in [2.24, 2.45) is 0 Å². The number of aromatic carboxylic acids is 1. The molecular weight excluding hydrogens is 829 g/mol. The third-order valence-electron chi connectivity index (χ3n) is 7.36. The molecule has 1 N–H and O–H groups in total. The van der Waals surface area contributed by atoms with Crippen molar-refractivity contribution < 1.29 is 30.0 Å². The van der Waals surface area contributed by atoms with Crippen LogP contribution in [0.5, 0.6) is 0 Å². The van der Waals surface area contributed by atoms with Crippen molar-refractivity contribution in [1.82, 2.24) is 4.98 Å².